The van der Waals surface area contributed by atoms with Gasteiger partial charge in [-0.15, -0.1) is 0 Å². The standard InChI is InChI=1S/C22H29N3O3S2/c26-22(24-14-12-23(13-15-24)17-20-9-16-29-18-20)8-5-19-3-6-21(7-4-19)30(27,28)25-10-1-2-11-25/h3-4,6-7,9,16,18H,1-2,5,8,10-15,17H2. The van der Waals surface area contributed by atoms with Gasteiger partial charge in [0.05, 0.1) is 4.90 Å². The van der Waals surface area contributed by atoms with Crippen molar-refractivity contribution in [3.63, 3.8) is 0 Å². The monoisotopic (exact) mass is 447 g/mol. The van der Waals surface area contributed by atoms with Crippen LogP contribution in [0.4, 0.5) is 0 Å². The molecule has 1 aromatic carbocycles. The number of hydrogen-bond acceptors (Lipinski definition) is 5. The van der Waals surface area contributed by atoms with Gasteiger partial charge in [-0.1, -0.05) is 12.1 Å². The van der Waals surface area contributed by atoms with Crippen LogP contribution in [0.1, 0.15) is 30.4 Å². The molecule has 30 heavy (non-hydrogen) atoms. The highest BCUT2D eigenvalue weighted by Crippen LogP contribution is 2.21. The van der Waals surface area contributed by atoms with Crippen LogP contribution in [0.15, 0.2) is 46.0 Å². The number of sulfonamides is 1. The first-order chi connectivity index (χ1) is 14.5. The molecule has 0 aliphatic carbocycles. The van der Waals surface area contributed by atoms with Crippen LogP contribution in [-0.4, -0.2) is 67.7 Å². The molecule has 1 amide bonds. The zero-order valence-corrected chi connectivity index (χ0v) is 18.8. The summed E-state index contributed by atoms with van der Waals surface area (Å²) in [5.41, 5.74) is 2.34. The Balaban J connectivity index is 1.24. The topological polar surface area (TPSA) is 60.9 Å². The molecule has 162 valence electrons. The molecule has 2 aliphatic rings. The van der Waals surface area contributed by atoms with Crippen molar-refractivity contribution in [1.29, 1.82) is 0 Å². The van der Waals surface area contributed by atoms with Crippen molar-refractivity contribution < 1.29 is 13.2 Å². The summed E-state index contributed by atoms with van der Waals surface area (Å²) in [6, 6.07) is 9.20. The molecule has 4 rings (SSSR count). The molecule has 2 aliphatic heterocycles. The van der Waals surface area contributed by atoms with E-state index in [0.29, 0.717) is 30.8 Å². The molecule has 0 N–H and O–H groups in total. The smallest absolute Gasteiger partial charge is 0.243 e. The van der Waals surface area contributed by atoms with Crippen molar-refractivity contribution in [2.45, 2.75) is 37.1 Å². The Bertz CT molecular complexity index is 929. The minimum absolute atomic E-state index is 0.180. The fourth-order valence-corrected chi connectivity index (χ4v) is 6.29. The molecule has 2 aromatic rings. The van der Waals surface area contributed by atoms with Gasteiger partial charge in [0.25, 0.3) is 0 Å². The number of carbonyl (C=O) groups is 1. The molecule has 0 saturated carbocycles. The first-order valence-corrected chi connectivity index (χ1v) is 13.0. The first-order valence-electron chi connectivity index (χ1n) is 10.6. The van der Waals surface area contributed by atoms with Gasteiger partial charge in [0, 0.05) is 52.2 Å². The summed E-state index contributed by atoms with van der Waals surface area (Å²) in [5.74, 6) is 0.180. The molecule has 0 bridgehead atoms. The third-order valence-corrected chi connectivity index (χ3v) is 8.61. The van der Waals surface area contributed by atoms with Crippen molar-refractivity contribution in [1.82, 2.24) is 14.1 Å². The fraction of sp³-hybridized carbons (Fsp3) is 0.500. The molecule has 8 heteroatoms. The molecule has 6 nitrogen and oxygen atoms in total. The first kappa shape index (κ1) is 21.5. The van der Waals surface area contributed by atoms with Gasteiger partial charge in [0.1, 0.15) is 0 Å². The number of rotatable bonds is 7. The van der Waals surface area contributed by atoms with Crippen LogP contribution in [0.25, 0.3) is 0 Å². The highest BCUT2D eigenvalue weighted by Gasteiger charge is 2.27. The molecule has 1 aromatic heterocycles. The Morgan fingerprint density at radius 1 is 0.900 bits per heavy atom. The van der Waals surface area contributed by atoms with E-state index in [1.807, 2.05) is 17.0 Å². The predicted octanol–water partition coefficient (Wildman–Crippen LogP) is 2.81. The maximum atomic E-state index is 12.6. The lowest BCUT2D eigenvalue weighted by molar-refractivity contribution is -0.133. The van der Waals surface area contributed by atoms with Gasteiger partial charge < -0.3 is 4.90 Å². The molecular weight excluding hydrogens is 418 g/mol. The Hall–Kier alpha value is -1.74. The summed E-state index contributed by atoms with van der Waals surface area (Å²) < 4.78 is 26.8. The van der Waals surface area contributed by atoms with E-state index in [9.17, 15) is 13.2 Å². The number of piperazine rings is 1. The van der Waals surface area contributed by atoms with Crippen LogP contribution in [-0.2, 0) is 27.8 Å². The second-order valence-electron chi connectivity index (χ2n) is 8.04. The minimum atomic E-state index is -3.37. The Morgan fingerprint density at radius 2 is 1.60 bits per heavy atom. The van der Waals surface area contributed by atoms with E-state index in [4.69, 9.17) is 0 Å². The van der Waals surface area contributed by atoms with E-state index in [1.54, 1.807) is 27.8 Å². The third kappa shape index (κ3) is 5.11. The average molecular weight is 448 g/mol. The summed E-state index contributed by atoms with van der Waals surface area (Å²) in [5, 5.41) is 4.28. The normalized spacial score (nSPS) is 18.7. The van der Waals surface area contributed by atoms with Crippen molar-refractivity contribution in [3.8, 4) is 0 Å². The van der Waals surface area contributed by atoms with Crippen LogP contribution in [0.3, 0.4) is 0 Å². The molecule has 0 atom stereocenters. The van der Waals surface area contributed by atoms with Gasteiger partial charge >= 0.3 is 0 Å². The molecule has 2 fully saturated rings. The summed E-state index contributed by atoms with van der Waals surface area (Å²) >= 11 is 1.72. The maximum absolute atomic E-state index is 12.6. The van der Waals surface area contributed by atoms with Gasteiger partial charge in [-0.3, -0.25) is 9.69 Å². The number of hydrogen-bond donors (Lipinski definition) is 0. The highest BCUT2D eigenvalue weighted by molar-refractivity contribution is 7.89. The Morgan fingerprint density at radius 3 is 2.23 bits per heavy atom. The second kappa shape index (κ2) is 9.60. The summed E-state index contributed by atoms with van der Waals surface area (Å²) in [6.07, 6.45) is 2.96. The largest absolute Gasteiger partial charge is 0.340 e. The second-order valence-corrected chi connectivity index (χ2v) is 10.8. The molecule has 0 spiro atoms. The fourth-order valence-electron chi connectivity index (χ4n) is 4.11. The van der Waals surface area contributed by atoms with Crippen molar-refractivity contribution >= 4 is 27.3 Å². The van der Waals surface area contributed by atoms with E-state index >= 15 is 0 Å². The number of carbonyl (C=O) groups excluding carboxylic acids is 1. The number of amides is 1. The number of nitrogens with zero attached hydrogens (tertiary/aromatic N) is 3. The summed E-state index contributed by atoms with van der Waals surface area (Å²) in [7, 11) is -3.37. The van der Waals surface area contributed by atoms with Gasteiger partial charge in [0.2, 0.25) is 15.9 Å². The average Bonchev–Trinajstić information content (AvgIpc) is 3.47. The zero-order chi connectivity index (χ0) is 21.0. The predicted molar refractivity (Wildman–Crippen MR) is 119 cm³/mol. The van der Waals surface area contributed by atoms with Gasteiger partial charge in [-0.2, -0.15) is 15.6 Å². The van der Waals surface area contributed by atoms with Crippen molar-refractivity contribution in [2.75, 3.05) is 39.3 Å². The van der Waals surface area contributed by atoms with Gasteiger partial charge in [0.15, 0.2) is 0 Å². The third-order valence-electron chi connectivity index (χ3n) is 5.96. The van der Waals surface area contributed by atoms with E-state index in [1.165, 1.54) is 5.56 Å². The van der Waals surface area contributed by atoms with Crippen molar-refractivity contribution in [3.05, 3.63) is 52.2 Å². The molecule has 0 unspecified atom stereocenters. The van der Waals surface area contributed by atoms with Crippen LogP contribution < -0.4 is 0 Å². The van der Waals surface area contributed by atoms with Crippen LogP contribution in [0, 0.1) is 0 Å². The summed E-state index contributed by atoms with van der Waals surface area (Å²) in [4.78, 5) is 17.3. The molecular formula is C22H29N3O3S2. The van der Waals surface area contributed by atoms with E-state index < -0.39 is 10.0 Å². The van der Waals surface area contributed by atoms with E-state index in [2.05, 4.69) is 21.7 Å². The van der Waals surface area contributed by atoms with E-state index in [-0.39, 0.29) is 5.91 Å². The van der Waals surface area contributed by atoms with Crippen molar-refractivity contribution in [2.24, 2.45) is 0 Å². The van der Waals surface area contributed by atoms with Crippen LogP contribution in [0.2, 0.25) is 0 Å². The van der Waals surface area contributed by atoms with Crippen LogP contribution in [0.5, 0.6) is 0 Å². The number of thiophene rings is 1. The Labute approximate surface area is 183 Å². The quantitative estimate of drug-likeness (QED) is 0.655. The van der Waals surface area contributed by atoms with Gasteiger partial charge in [-0.05, 0) is 59.3 Å². The summed E-state index contributed by atoms with van der Waals surface area (Å²) in [6.45, 7) is 5.54. The Kier molecular flexibility index (Phi) is 6.87. The molecule has 0 radical (unpaired) electrons. The zero-order valence-electron chi connectivity index (χ0n) is 17.2. The highest BCUT2D eigenvalue weighted by atomic mass is 32.2. The van der Waals surface area contributed by atoms with Crippen LogP contribution >= 0.6 is 11.3 Å². The maximum Gasteiger partial charge on any atom is 0.243 e. The minimum Gasteiger partial charge on any atom is -0.340 e. The molecule has 2 saturated heterocycles. The van der Waals surface area contributed by atoms with Gasteiger partial charge in [-0.25, -0.2) is 8.42 Å². The number of benzene rings is 1. The lowest BCUT2D eigenvalue weighted by Crippen LogP contribution is -2.48. The SMILES string of the molecule is O=C(CCc1ccc(S(=O)(=O)N2CCCC2)cc1)N1CCN(Cc2ccsc2)CC1. The van der Waals surface area contributed by atoms with E-state index in [0.717, 1.165) is 51.1 Å². The lowest BCUT2D eigenvalue weighted by atomic mass is 10.1. The number of aryl methyl sites for hydroxylation is 1. The molecule has 3 heterocycles. The lowest BCUT2D eigenvalue weighted by Gasteiger charge is -2.34.